The van der Waals surface area contributed by atoms with Gasteiger partial charge >= 0.3 is 0 Å². The number of fused-ring (bicyclic) bond motifs is 1. The number of anilines is 1. The van der Waals surface area contributed by atoms with Gasteiger partial charge in [0.05, 0.1) is 13.2 Å². The number of aromatic nitrogens is 3. The maximum atomic E-state index is 5.40. The summed E-state index contributed by atoms with van der Waals surface area (Å²) in [6, 6.07) is 0.490. The fourth-order valence-corrected chi connectivity index (χ4v) is 3.73. The predicted molar refractivity (Wildman–Crippen MR) is 89.8 cm³/mol. The van der Waals surface area contributed by atoms with Crippen molar-refractivity contribution in [2.45, 2.75) is 31.8 Å². The van der Waals surface area contributed by atoms with Crippen LogP contribution in [-0.4, -0.2) is 47.3 Å². The molecule has 1 unspecified atom stereocenters. The number of nitrogens with zero attached hydrogens (tertiary/aromatic N) is 4. The first-order valence-corrected chi connectivity index (χ1v) is 9.06. The number of morpholine rings is 1. The highest BCUT2D eigenvalue weighted by molar-refractivity contribution is 7.09. The van der Waals surface area contributed by atoms with Crippen LogP contribution in [0.15, 0.2) is 17.8 Å². The van der Waals surface area contributed by atoms with Gasteiger partial charge in [0.2, 0.25) is 5.95 Å². The van der Waals surface area contributed by atoms with E-state index in [-0.39, 0.29) is 0 Å². The van der Waals surface area contributed by atoms with Crippen LogP contribution < -0.4 is 10.2 Å². The van der Waals surface area contributed by atoms with Crippen molar-refractivity contribution >= 4 is 17.3 Å². The number of aryl methyl sites for hydroxylation is 1. The minimum atomic E-state index is 0.490. The number of hydrogen-bond donors (Lipinski definition) is 1. The first-order chi connectivity index (χ1) is 11.4. The highest BCUT2D eigenvalue weighted by atomic mass is 32.1. The minimum absolute atomic E-state index is 0.490. The van der Waals surface area contributed by atoms with Crippen molar-refractivity contribution in [2.75, 3.05) is 31.2 Å². The standard InChI is InChI=1S/C16H21N5OS/c1-2-14-12(9-13(1)18-11-15-17-3-8-23-15)10-19-16(20-14)21-4-6-22-7-5-21/h3,8,10,13,18H,1-2,4-7,9,11H2. The van der Waals surface area contributed by atoms with Crippen LogP contribution in [0.4, 0.5) is 5.95 Å². The third-order valence-corrected chi connectivity index (χ3v) is 5.24. The van der Waals surface area contributed by atoms with Gasteiger partial charge in [0, 0.05) is 49.1 Å². The lowest BCUT2D eigenvalue weighted by Crippen LogP contribution is -2.38. The Morgan fingerprint density at radius 3 is 3.04 bits per heavy atom. The monoisotopic (exact) mass is 331 g/mol. The van der Waals surface area contributed by atoms with Crippen LogP contribution in [0, 0.1) is 0 Å². The first kappa shape index (κ1) is 15.0. The van der Waals surface area contributed by atoms with Gasteiger partial charge in [-0.2, -0.15) is 0 Å². The third-order valence-electron chi connectivity index (χ3n) is 4.46. The summed E-state index contributed by atoms with van der Waals surface area (Å²) in [5.41, 5.74) is 2.50. The number of thiazole rings is 1. The Hall–Kier alpha value is -1.57. The van der Waals surface area contributed by atoms with Gasteiger partial charge in [-0.1, -0.05) is 0 Å². The number of ether oxygens (including phenoxy) is 1. The summed E-state index contributed by atoms with van der Waals surface area (Å²) in [4.78, 5) is 15.9. The van der Waals surface area contributed by atoms with Gasteiger partial charge in [0.15, 0.2) is 0 Å². The Labute approximate surface area is 139 Å². The van der Waals surface area contributed by atoms with Gasteiger partial charge < -0.3 is 15.0 Å². The molecule has 1 N–H and O–H groups in total. The summed E-state index contributed by atoms with van der Waals surface area (Å²) in [5, 5.41) is 6.78. The van der Waals surface area contributed by atoms with Crippen LogP contribution in [0.25, 0.3) is 0 Å². The summed E-state index contributed by atoms with van der Waals surface area (Å²) >= 11 is 1.70. The fourth-order valence-electron chi connectivity index (χ4n) is 3.16. The predicted octanol–water partition coefficient (Wildman–Crippen LogP) is 1.42. The van der Waals surface area contributed by atoms with E-state index < -0.39 is 0 Å². The summed E-state index contributed by atoms with van der Waals surface area (Å²) in [6.07, 6.45) is 7.02. The molecule has 2 aromatic rings. The Balaban J connectivity index is 1.39. The number of nitrogens with one attached hydrogen (secondary N) is 1. The lowest BCUT2D eigenvalue weighted by molar-refractivity contribution is 0.122. The van der Waals surface area contributed by atoms with Crippen molar-refractivity contribution < 1.29 is 4.74 Å². The zero-order chi connectivity index (χ0) is 15.5. The molecule has 122 valence electrons. The summed E-state index contributed by atoms with van der Waals surface area (Å²) in [6.45, 7) is 4.16. The summed E-state index contributed by atoms with van der Waals surface area (Å²) in [5.74, 6) is 0.862. The Kier molecular flexibility index (Phi) is 4.50. The van der Waals surface area contributed by atoms with Gasteiger partial charge in [0.1, 0.15) is 5.01 Å². The molecule has 7 heteroatoms. The molecular formula is C16H21N5OS. The highest BCUT2D eigenvalue weighted by Crippen LogP contribution is 2.22. The molecule has 4 rings (SSSR count). The molecule has 1 aliphatic carbocycles. The van der Waals surface area contributed by atoms with E-state index in [1.807, 2.05) is 17.8 Å². The molecule has 0 amide bonds. The normalized spacial score (nSPS) is 21.2. The molecule has 1 atom stereocenters. The van der Waals surface area contributed by atoms with E-state index in [0.29, 0.717) is 6.04 Å². The molecule has 0 spiro atoms. The highest BCUT2D eigenvalue weighted by Gasteiger charge is 2.22. The molecule has 1 fully saturated rings. The van der Waals surface area contributed by atoms with Gasteiger partial charge in [0.25, 0.3) is 0 Å². The zero-order valence-corrected chi connectivity index (χ0v) is 13.9. The Morgan fingerprint density at radius 1 is 1.30 bits per heavy atom. The van der Waals surface area contributed by atoms with E-state index >= 15 is 0 Å². The largest absolute Gasteiger partial charge is 0.378 e. The van der Waals surface area contributed by atoms with Gasteiger partial charge in [-0.25, -0.2) is 15.0 Å². The molecule has 3 heterocycles. The second-order valence-corrected chi connectivity index (χ2v) is 6.97. The van der Waals surface area contributed by atoms with Gasteiger partial charge in [-0.15, -0.1) is 11.3 Å². The fraction of sp³-hybridized carbons (Fsp3) is 0.562. The molecule has 1 saturated heterocycles. The lowest BCUT2D eigenvalue weighted by atomic mass is 9.93. The van der Waals surface area contributed by atoms with E-state index in [1.54, 1.807) is 11.3 Å². The molecule has 1 aliphatic heterocycles. The van der Waals surface area contributed by atoms with Crippen LogP contribution in [0.2, 0.25) is 0 Å². The Bertz CT molecular complexity index is 642. The van der Waals surface area contributed by atoms with E-state index in [1.165, 1.54) is 11.3 Å². The average molecular weight is 331 g/mol. The van der Waals surface area contributed by atoms with E-state index in [2.05, 4.69) is 20.2 Å². The van der Waals surface area contributed by atoms with E-state index in [4.69, 9.17) is 9.72 Å². The van der Waals surface area contributed by atoms with Crippen molar-refractivity contribution in [1.82, 2.24) is 20.3 Å². The molecule has 0 saturated carbocycles. The van der Waals surface area contributed by atoms with Crippen molar-refractivity contribution in [1.29, 1.82) is 0 Å². The smallest absolute Gasteiger partial charge is 0.225 e. The van der Waals surface area contributed by atoms with Crippen molar-refractivity contribution in [3.05, 3.63) is 34.0 Å². The Morgan fingerprint density at radius 2 is 2.22 bits per heavy atom. The van der Waals surface area contributed by atoms with E-state index in [0.717, 1.165) is 63.1 Å². The third kappa shape index (κ3) is 3.52. The van der Waals surface area contributed by atoms with Crippen molar-refractivity contribution in [2.24, 2.45) is 0 Å². The topological polar surface area (TPSA) is 63.2 Å². The molecule has 2 aliphatic rings. The van der Waals surface area contributed by atoms with Crippen LogP contribution >= 0.6 is 11.3 Å². The molecule has 0 aromatic carbocycles. The SMILES string of the molecule is c1csc(CNC2CCc3nc(N4CCOCC4)ncc3C2)n1. The number of hydrogen-bond acceptors (Lipinski definition) is 7. The van der Waals surface area contributed by atoms with Crippen LogP contribution in [0.5, 0.6) is 0 Å². The van der Waals surface area contributed by atoms with Crippen LogP contribution in [0.1, 0.15) is 22.7 Å². The van der Waals surface area contributed by atoms with Crippen molar-refractivity contribution in [3.8, 4) is 0 Å². The average Bonchev–Trinajstić information content (AvgIpc) is 3.14. The lowest BCUT2D eigenvalue weighted by Gasteiger charge is -2.29. The maximum Gasteiger partial charge on any atom is 0.225 e. The summed E-state index contributed by atoms with van der Waals surface area (Å²) < 4.78 is 5.40. The van der Waals surface area contributed by atoms with Gasteiger partial charge in [-0.3, -0.25) is 0 Å². The second-order valence-electron chi connectivity index (χ2n) is 5.99. The zero-order valence-electron chi connectivity index (χ0n) is 13.1. The van der Waals surface area contributed by atoms with E-state index in [9.17, 15) is 0 Å². The minimum Gasteiger partial charge on any atom is -0.378 e. The number of rotatable bonds is 4. The molecule has 23 heavy (non-hydrogen) atoms. The van der Waals surface area contributed by atoms with Crippen LogP contribution in [0.3, 0.4) is 0 Å². The molecule has 6 nitrogen and oxygen atoms in total. The van der Waals surface area contributed by atoms with Gasteiger partial charge in [-0.05, 0) is 24.8 Å². The first-order valence-electron chi connectivity index (χ1n) is 8.18. The molecule has 0 radical (unpaired) electrons. The molecule has 0 bridgehead atoms. The maximum absolute atomic E-state index is 5.40. The second kappa shape index (κ2) is 6.90. The quantitative estimate of drug-likeness (QED) is 0.914. The van der Waals surface area contributed by atoms with Crippen molar-refractivity contribution in [3.63, 3.8) is 0 Å². The molecule has 2 aromatic heterocycles. The molecular weight excluding hydrogens is 310 g/mol. The summed E-state index contributed by atoms with van der Waals surface area (Å²) in [7, 11) is 0. The van der Waals surface area contributed by atoms with Crippen LogP contribution in [-0.2, 0) is 24.1 Å².